The van der Waals surface area contributed by atoms with Crippen molar-refractivity contribution >= 4 is 15.9 Å². The van der Waals surface area contributed by atoms with Crippen LogP contribution >= 0.6 is 0 Å². The van der Waals surface area contributed by atoms with Gasteiger partial charge < -0.3 is 5.11 Å². The van der Waals surface area contributed by atoms with Crippen molar-refractivity contribution in [3.8, 4) is 11.8 Å². The predicted molar refractivity (Wildman–Crippen MR) is 73.8 cm³/mol. The minimum Gasteiger partial charge on any atom is -0.384 e. The Bertz CT molecular complexity index is 596. The van der Waals surface area contributed by atoms with E-state index in [4.69, 9.17) is 5.11 Å². The highest BCUT2D eigenvalue weighted by Crippen LogP contribution is 2.17. The van der Waals surface area contributed by atoms with Crippen molar-refractivity contribution in [3.63, 3.8) is 0 Å². The molecule has 0 bridgehead atoms. The SMILES string of the molecule is O=S(=O)(Nc1cccc(C#CCO)c1)N1CCCC1. The molecule has 1 aliphatic heterocycles. The number of hydrogen-bond acceptors (Lipinski definition) is 3. The zero-order valence-electron chi connectivity index (χ0n) is 10.5. The topological polar surface area (TPSA) is 69.6 Å². The second kappa shape index (κ2) is 6.06. The molecule has 0 spiro atoms. The van der Waals surface area contributed by atoms with Crippen molar-refractivity contribution in [3.05, 3.63) is 29.8 Å². The van der Waals surface area contributed by atoms with Gasteiger partial charge in [-0.15, -0.1) is 0 Å². The number of rotatable bonds is 3. The summed E-state index contributed by atoms with van der Waals surface area (Å²) in [5.41, 5.74) is 1.15. The first-order valence-corrected chi connectivity index (χ1v) is 7.53. The number of anilines is 1. The summed E-state index contributed by atoms with van der Waals surface area (Å²) in [4.78, 5) is 0. The first-order chi connectivity index (χ1) is 9.12. The third-order valence-electron chi connectivity index (χ3n) is 2.83. The van der Waals surface area contributed by atoms with E-state index in [-0.39, 0.29) is 6.61 Å². The van der Waals surface area contributed by atoms with Crippen LogP contribution in [0.2, 0.25) is 0 Å². The van der Waals surface area contributed by atoms with E-state index in [1.54, 1.807) is 24.3 Å². The molecule has 0 radical (unpaired) electrons. The molecule has 0 aliphatic carbocycles. The summed E-state index contributed by atoms with van der Waals surface area (Å²) in [7, 11) is -3.46. The lowest BCUT2D eigenvalue weighted by Crippen LogP contribution is -2.33. The highest BCUT2D eigenvalue weighted by Gasteiger charge is 2.24. The van der Waals surface area contributed by atoms with Gasteiger partial charge in [-0.1, -0.05) is 17.9 Å². The number of aliphatic hydroxyl groups excluding tert-OH is 1. The van der Waals surface area contributed by atoms with E-state index in [1.165, 1.54) is 4.31 Å². The molecule has 1 aromatic rings. The van der Waals surface area contributed by atoms with E-state index in [0.29, 0.717) is 24.3 Å². The van der Waals surface area contributed by atoms with Crippen LogP contribution in [-0.2, 0) is 10.2 Å². The van der Waals surface area contributed by atoms with Crippen molar-refractivity contribution in [2.75, 3.05) is 24.4 Å². The normalized spacial score (nSPS) is 15.8. The van der Waals surface area contributed by atoms with E-state index in [9.17, 15) is 8.42 Å². The average molecular weight is 280 g/mol. The first-order valence-electron chi connectivity index (χ1n) is 6.09. The van der Waals surface area contributed by atoms with E-state index < -0.39 is 10.2 Å². The van der Waals surface area contributed by atoms with Gasteiger partial charge in [-0.3, -0.25) is 4.72 Å². The van der Waals surface area contributed by atoms with Crippen LogP contribution in [0.1, 0.15) is 18.4 Å². The Morgan fingerprint density at radius 1 is 1.32 bits per heavy atom. The van der Waals surface area contributed by atoms with Crippen LogP contribution in [0.4, 0.5) is 5.69 Å². The highest BCUT2D eigenvalue weighted by molar-refractivity contribution is 7.90. The third-order valence-corrected chi connectivity index (χ3v) is 4.36. The fourth-order valence-electron chi connectivity index (χ4n) is 1.94. The fourth-order valence-corrected chi connectivity index (χ4v) is 3.24. The molecule has 0 atom stereocenters. The average Bonchev–Trinajstić information content (AvgIpc) is 2.91. The van der Waals surface area contributed by atoms with Crippen molar-refractivity contribution in [2.24, 2.45) is 0 Å². The number of aliphatic hydroxyl groups is 1. The molecular weight excluding hydrogens is 264 g/mol. The van der Waals surface area contributed by atoms with Crippen LogP contribution in [0.5, 0.6) is 0 Å². The summed E-state index contributed by atoms with van der Waals surface area (Å²) in [5, 5.41) is 8.64. The summed E-state index contributed by atoms with van der Waals surface area (Å²) >= 11 is 0. The summed E-state index contributed by atoms with van der Waals surface area (Å²) < 4.78 is 28.1. The molecule has 1 fully saturated rings. The molecule has 102 valence electrons. The summed E-state index contributed by atoms with van der Waals surface area (Å²) in [5.74, 6) is 5.27. The van der Waals surface area contributed by atoms with E-state index in [1.807, 2.05) is 0 Å². The molecule has 19 heavy (non-hydrogen) atoms. The van der Waals surface area contributed by atoms with Crippen molar-refractivity contribution in [1.29, 1.82) is 0 Å². The Morgan fingerprint density at radius 3 is 2.74 bits per heavy atom. The maximum atomic E-state index is 12.1. The zero-order valence-corrected chi connectivity index (χ0v) is 11.3. The maximum absolute atomic E-state index is 12.1. The Kier molecular flexibility index (Phi) is 4.43. The molecule has 1 aliphatic rings. The monoisotopic (exact) mass is 280 g/mol. The van der Waals surface area contributed by atoms with Gasteiger partial charge in [0.1, 0.15) is 6.61 Å². The molecule has 5 nitrogen and oxygen atoms in total. The van der Waals surface area contributed by atoms with E-state index in [2.05, 4.69) is 16.6 Å². The van der Waals surface area contributed by atoms with Crippen LogP contribution in [0, 0.1) is 11.8 Å². The molecule has 0 aromatic heterocycles. The molecule has 2 rings (SSSR count). The molecular formula is C13H16N2O3S. The lowest BCUT2D eigenvalue weighted by molar-refractivity contribution is 0.350. The lowest BCUT2D eigenvalue weighted by atomic mass is 10.2. The fraction of sp³-hybridized carbons (Fsp3) is 0.385. The maximum Gasteiger partial charge on any atom is 0.301 e. The number of nitrogens with zero attached hydrogens (tertiary/aromatic N) is 1. The van der Waals surface area contributed by atoms with Crippen molar-refractivity contribution < 1.29 is 13.5 Å². The molecule has 0 amide bonds. The Balaban J connectivity index is 2.14. The van der Waals surface area contributed by atoms with Gasteiger partial charge in [0.2, 0.25) is 0 Å². The van der Waals surface area contributed by atoms with Gasteiger partial charge in [-0.05, 0) is 31.0 Å². The molecule has 1 heterocycles. The quantitative estimate of drug-likeness (QED) is 0.804. The predicted octanol–water partition coefficient (Wildman–Crippen LogP) is 0.783. The van der Waals surface area contributed by atoms with Gasteiger partial charge in [-0.2, -0.15) is 12.7 Å². The number of benzene rings is 1. The van der Waals surface area contributed by atoms with Crippen LogP contribution < -0.4 is 4.72 Å². The van der Waals surface area contributed by atoms with Gasteiger partial charge in [0.25, 0.3) is 0 Å². The third kappa shape index (κ3) is 3.70. The first kappa shape index (κ1) is 13.9. The van der Waals surface area contributed by atoms with E-state index >= 15 is 0 Å². The van der Waals surface area contributed by atoms with Gasteiger partial charge in [0, 0.05) is 18.7 Å². The van der Waals surface area contributed by atoms with Gasteiger partial charge in [0.15, 0.2) is 0 Å². The summed E-state index contributed by atoms with van der Waals surface area (Å²) in [6.07, 6.45) is 1.81. The van der Waals surface area contributed by atoms with Gasteiger partial charge in [-0.25, -0.2) is 0 Å². The second-order valence-electron chi connectivity index (χ2n) is 4.25. The zero-order chi connectivity index (χ0) is 13.7. The molecule has 1 saturated heterocycles. The molecule has 0 unspecified atom stereocenters. The van der Waals surface area contributed by atoms with Crippen molar-refractivity contribution in [1.82, 2.24) is 4.31 Å². The largest absolute Gasteiger partial charge is 0.384 e. The number of nitrogens with one attached hydrogen (secondary N) is 1. The second-order valence-corrected chi connectivity index (χ2v) is 5.92. The van der Waals surface area contributed by atoms with Gasteiger partial charge >= 0.3 is 10.2 Å². The van der Waals surface area contributed by atoms with Crippen LogP contribution in [0.25, 0.3) is 0 Å². The Morgan fingerprint density at radius 2 is 2.05 bits per heavy atom. The summed E-state index contributed by atoms with van der Waals surface area (Å²) in [6, 6.07) is 6.81. The smallest absolute Gasteiger partial charge is 0.301 e. The number of hydrogen-bond donors (Lipinski definition) is 2. The van der Waals surface area contributed by atoms with Crippen LogP contribution in [0.15, 0.2) is 24.3 Å². The molecule has 1 aromatic carbocycles. The van der Waals surface area contributed by atoms with Gasteiger partial charge in [0.05, 0.1) is 5.69 Å². The van der Waals surface area contributed by atoms with Crippen molar-refractivity contribution in [2.45, 2.75) is 12.8 Å². The highest BCUT2D eigenvalue weighted by atomic mass is 32.2. The minimum absolute atomic E-state index is 0.219. The minimum atomic E-state index is -3.46. The lowest BCUT2D eigenvalue weighted by Gasteiger charge is -2.16. The van der Waals surface area contributed by atoms with Crippen LogP contribution in [0.3, 0.4) is 0 Å². The Hall–Kier alpha value is -1.55. The standard InChI is InChI=1S/C13H16N2O3S/c16-10-4-6-12-5-3-7-13(11-12)14-19(17,18)15-8-1-2-9-15/h3,5,7,11,14,16H,1-2,8-10H2. The summed E-state index contributed by atoms with van der Waals surface area (Å²) in [6.45, 7) is 0.919. The molecule has 0 saturated carbocycles. The Labute approximate surface area is 113 Å². The molecule has 2 N–H and O–H groups in total. The molecule has 6 heteroatoms. The van der Waals surface area contributed by atoms with Crippen LogP contribution in [-0.4, -0.2) is 37.5 Å². The van der Waals surface area contributed by atoms with E-state index in [0.717, 1.165) is 12.8 Å².